The average Bonchev–Trinajstić information content (AvgIpc) is 2.90. The van der Waals surface area contributed by atoms with Crippen LogP contribution in [-0.2, 0) is 6.42 Å². The summed E-state index contributed by atoms with van der Waals surface area (Å²) in [7, 11) is 0. The Balaban J connectivity index is 1.76. The Morgan fingerprint density at radius 1 is 1.44 bits per heavy atom. The average molecular weight is 302 g/mol. The molecule has 0 spiro atoms. The van der Waals surface area contributed by atoms with Gasteiger partial charge in [-0.05, 0) is 65.7 Å². The number of nitrogens with one attached hydrogen (secondary N) is 1. The number of rotatable bonds is 6. The Morgan fingerprint density at radius 2 is 2.19 bits per heavy atom. The molecule has 1 aliphatic rings. The summed E-state index contributed by atoms with van der Waals surface area (Å²) in [6, 6.07) is 5.23. The Kier molecular flexibility index (Phi) is 4.09. The third-order valence-corrected chi connectivity index (χ3v) is 4.72. The second-order valence-electron chi connectivity index (χ2n) is 5.53. The highest BCUT2D eigenvalue weighted by Gasteiger charge is 2.23. The molecule has 1 saturated carbocycles. The first-order valence-corrected chi connectivity index (χ1v) is 7.64. The van der Waals surface area contributed by atoms with Crippen molar-refractivity contribution in [1.82, 2.24) is 5.32 Å². The topological polar surface area (TPSA) is 12.0 Å². The molecule has 2 rings (SSSR count). The van der Waals surface area contributed by atoms with Gasteiger partial charge >= 0.3 is 0 Å². The van der Waals surface area contributed by atoms with Crippen molar-refractivity contribution >= 4 is 27.3 Å². The zero-order valence-electron chi connectivity index (χ0n) is 10.1. The van der Waals surface area contributed by atoms with E-state index in [0.717, 1.165) is 6.04 Å². The van der Waals surface area contributed by atoms with Crippen molar-refractivity contribution in [3.05, 3.63) is 20.8 Å². The summed E-state index contributed by atoms with van der Waals surface area (Å²) in [5.41, 5.74) is 0.409. The Labute approximate surface area is 111 Å². The zero-order valence-corrected chi connectivity index (χ0v) is 12.5. The molecule has 1 aromatic rings. The van der Waals surface area contributed by atoms with Crippen LogP contribution in [0.1, 0.15) is 38.0 Å². The van der Waals surface area contributed by atoms with Gasteiger partial charge in [0, 0.05) is 10.9 Å². The zero-order chi connectivity index (χ0) is 11.6. The van der Waals surface area contributed by atoms with Crippen LogP contribution in [0.25, 0.3) is 0 Å². The van der Waals surface area contributed by atoms with Crippen LogP contribution >= 0.6 is 27.3 Å². The minimum atomic E-state index is 0.409. The highest BCUT2D eigenvalue weighted by Crippen LogP contribution is 2.31. The first-order chi connectivity index (χ1) is 7.55. The molecule has 0 bridgehead atoms. The first-order valence-electron chi connectivity index (χ1n) is 6.03. The van der Waals surface area contributed by atoms with Crippen LogP contribution in [0, 0.1) is 5.41 Å². The van der Waals surface area contributed by atoms with Gasteiger partial charge in [-0.2, -0.15) is 0 Å². The smallest absolute Gasteiger partial charge is 0.0701 e. The maximum absolute atomic E-state index is 3.60. The number of hydrogen-bond donors (Lipinski definition) is 1. The third-order valence-electron chi connectivity index (χ3n) is 3.09. The second kappa shape index (κ2) is 5.19. The quantitative estimate of drug-likeness (QED) is 0.829. The normalized spacial score (nSPS) is 16.7. The SMILES string of the molecule is CC(C)(CCNC1CC1)Cc1ccc(Br)s1. The molecule has 0 radical (unpaired) electrons. The van der Waals surface area contributed by atoms with Crippen molar-refractivity contribution in [3.63, 3.8) is 0 Å². The van der Waals surface area contributed by atoms with Crippen molar-refractivity contribution < 1.29 is 0 Å². The largest absolute Gasteiger partial charge is 0.314 e. The molecule has 0 saturated heterocycles. The van der Waals surface area contributed by atoms with E-state index in [9.17, 15) is 0 Å². The highest BCUT2D eigenvalue weighted by atomic mass is 79.9. The summed E-state index contributed by atoms with van der Waals surface area (Å²) in [6.07, 6.45) is 5.23. The molecule has 1 aromatic heterocycles. The molecule has 1 nitrogen and oxygen atoms in total. The van der Waals surface area contributed by atoms with Gasteiger partial charge in [0.1, 0.15) is 0 Å². The van der Waals surface area contributed by atoms with Crippen LogP contribution in [0.5, 0.6) is 0 Å². The first kappa shape index (κ1) is 12.6. The van der Waals surface area contributed by atoms with E-state index in [1.807, 2.05) is 11.3 Å². The van der Waals surface area contributed by atoms with Crippen LogP contribution in [0.4, 0.5) is 0 Å². The summed E-state index contributed by atoms with van der Waals surface area (Å²) in [4.78, 5) is 1.49. The minimum absolute atomic E-state index is 0.409. The molecule has 1 heterocycles. The summed E-state index contributed by atoms with van der Waals surface area (Å²) in [5, 5.41) is 3.60. The number of halogens is 1. The lowest BCUT2D eigenvalue weighted by Crippen LogP contribution is -2.25. The predicted octanol–water partition coefficient (Wildman–Crippen LogP) is 4.22. The fourth-order valence-corrected chi connectivity index (χ4v) is 3.65. The molecule has 0 amide bonds. The standard InChI is InChI=1S/C13H20BrNS/c1-13(2,7-8-15-10-3-4-10)9-11-5-6-12(14)16-11/h5-6,10,15H,3-4,7-9H2,1-2H3. The lowest BCUT2D eigenvalue weighted by Gasteiger charge is -2.24. The van der Waals surface area contributed by atoms with Gasteiger partial charge in [-0.25, -0.2) is 0 Å². The molecular weight excluding hydrogens is 282 g/mol. The van der Waals surface area contributed by atoms with Crippen molar-refractivity contribution in [1.29, 1.82) is 0 Å². The van der Waals surface area contributed by atoms with E-state index in [1.165, 1.54) is 40.9 Å². The number of thiophene rings is 1. The molecule has 1 aliphatic carbocycles. The molecular formula is C13H20BrNS. The third kappa shape index (κ3) is 4.19. The lowest BCUT2D eigenvalue weighted by molar-refractivity contribution is 0.327. The lowest BCUT2D eigenvalue weighted by atomic mass is 9.85. The maximum atomic E-state index is 3.60. The maximum Gasteiger partial charge on any atom is 0.0701 e. The summed E-state index contributed by atoms with van der Waals surface area (Å²) >= 11 is 5.39. The van der Waals surface area contributed by atoms with Gasteiger partial charge in [-0.3, -0.25) is 0 Å². The van der Waals surface area contributed by atoms with E-state index in [2.05, 4.69) is 47.2 Å². The molecule has 1 fully saturated rings. The molecule has 1 N–H and O–H groups in total. The van der Waals surface area contributed by atoms with Crippen molar-refractivity contribution in [2.75, 3.05) is 6.54 Å². The molecule has 16 heavy (non-hydrogen) atoms. The molecule has 0 aliphatic heterocycles. The van der Waals surface area contributed by atoms with E-state index in [4.69, 9.17) is 0 Å². The molecule has 0 unspecified atom stereocenters. The molecule has 0 aromatic carbocycles. The van der Waals surface area contributed by atoms with Crippen molar-refractivity contribution in [2.24, 2.45) is 5.41 Å². The summed E-state index contributed by atoms with van der Waals surface area (Å²) in [5.74, 6) is 0. The van der Waals surface area contributed by atoms with E-state index in [0.29, 0.717) is 5.41 Å². The Hall–Kier alpha value is 0.140. The number of hydrogen-bond acceptors (Lipinski definition) is 2. The van der Waals surface area contributed by atoms with Crippen LogP contribution in [0.15, 0.2) is 15.9 Å². The van der Waals surface area contributed by atoms with Gasteiger partial charge in [-0.15, -0.1) is 11.3 Å². The Morgan fingerprint density at radius 3 is 2.75 bits per heavy atom. The van der Waals surface area contributed by atoms with Gasteiger partial charge in [0.15, 0.2) is 0 Å². The van der Waals surface area contributed by atoms with Gasteiger partial charge in [-0.1, -0.05) is 13.8 Å². The van der Waals surface area contributed by atoms with Gasteiger partial charge in [0.05, 0.1) is 3.79 Å². The summed E-state index contributed by atoms with van der Waals surface area (Å²) in [6.45, 7) is 5.91. The molecule has 90 valence electrons. The van der Waals surface area contributed by atoms with E-state index in [1.54, 1.807) is 0 Å². The van der Waals surface area contributed by atoms with Gasteiger partial charge < -0.3 is 5.32 Å². The van der Waals surface area contributed by atoms with E-state index >= 15 is 0 Å². The minimum Gasteiger partial charge on any atom is -0.314 e. The monoisotopic (exact) mass is 301 g/mol. The Bertz CT molecular complexity index is 341. The van der Waals surface area contributed by atoms with Crippen LogP contribution < -0.4 is 5.32 Å². The van der Waals surface area contributed by atoms with E-state index < -0.39 is 0 Å². The fraction of sp³-hybridized carbons (Fsp3) is 0.692. The predicted molar refractivity (Wildman–Crippen MR) is 75.1 cm³/mol. The van der Waals surface area contributed by atoms with Gasteiger partial charge in [0.25, 0.3) is 0 Å². The van der Waals surface area contributed by atoms with Crippen LogP contribution in [-0.4, -0.2) is 12.6 Å². The molecule has 3 heteroatoms. The second-order valence-corrected chi connectivity index (χ2v) is 8.07. The van der Waals surface area contributed by atoms with Crippen molar-refractivity contribution in [3.8, 4) is 0 Å². The van der Waals surface area contributed by atoms with Gasteiger partial charge in [0.2, 0.25) is 0 Å². The highest BCUT2D eigenvalue weighted by molar-refractivity contribution is 9.11. The van der Waals surface area contributed by atoms with Crippen molar-refractivity contribution in [2.45, 2.75) is 45.6 Å². The summed E-state index contributed by atoms with van der Waals surface area (Å²) < 4.78 is 1.24. The van der Waals surface area contributed by atoms with Crippen LogP contribution in [0.3, 0.4) is 0 Å². The van der Waals surface area contributed by atoms with E-state index in [-0.39, 0.29) is 0 Å². The van der Waals surface area contributed by atoms with Crippen LogP contribution in [0.2, 0.25) is 0 Å². The fourth-order valence-electron chi connectivity index (χ4n) is 1.91. The molecule has 0 atom stereocenters.